The van der Waals surface area contributed by atoms with Crippen molar-refractivity contribution in [1.82, 2.24) is 21.0 Å². The second-order valence-electron chi connectivity index (χ2n) is 5.90. The number of anilines is 1. The molecule has 0 aliphatic carbocycles. The smallest absolute Gasteiger partial charge is 0.290 e. The van der Waals surface area contributed by atoms with Crippen LogP contribution in [0.3, 0.4) is 0 Å². The molecular weight excluding hydrogens is 366 g/mol. The van der Waals surface area contributed by atoms with Gasteiger partial charge in [0.25, 0.3) is 23.3 Å². The Morgan fingerprint density at radius 3 is 2.57 bits per heavy atom. The predicted octanol–water partition coefficient (Wildman–Crippen LogP) is 0.329. The number of nitrogens with one attached hydrogen (secondary N) is 4. The van der Waals surface area contributed by atoms with Crippen LogP contribution in [0.4, 0.5) is 5.69 Å². The highest BCUT2D eigenvalue weighted by molar-refractivity contribution is 6.06. The van der Waals surface area contributed by atoms with E-state index in [1.54, 1.807) is 24.3 Å². The number of benzene rings is 2. The number of hydrogen-bond acceptors (Lipinski definition) is 6. The van der Waals surface area contributed by atoms with Gasteiger partial charge in [-0.3, -0.25) is 30.0 Å². The molecule has 0 saturated carbocycles. The van der Waals surface area contributed by atoms with Crippen LogP contribution in [-0.4, -0.2) is 34.5 Å². The van der Waals surface area contributed by atoms with Crippen molar-refractivity contribution in [2.45, 2.75) is 0 Å². The lowest BCUT2D eigenvalue weighted by Crippen LogP contribution is -2.42. The molecule has 2 heterocycles. The number of amides is 3. The number of carbonyl (C=O) groups excluding carboxylic acids is 3. The van der Waals surface area contributed by atoms with Gasteiger partial charge in [0.05, 0.1) is 11.1 Å². The van der Waals surface area contributed by atoms with Crippen molar-refractivity contribution >= 4 is 34.2 Å². The summed E-state index contributed by atoms with van der Waals surface area (Å²) in [6, 6.07) is 10.9. The van der Waals surface area contributed by atoms with E-state index < -0.39 is 17.4 Å². The summed E-state index contributed by atoms with van der Waals surface area (Å²) in [6.45, 7) is -0.139. The molecule has 0 unspecified atom stereocenters. The first-order chi connectivity index (χ1) is 13.5. The van der Waals surface area contributed by atoms with E-state index >= 15 is 0 Å². The Labute approximate surface area is 156 Å². The Bertz CT molecular complexity index is 1190. The minimum Gasteiger partial charge on any atom is -0.482 e. The summed E-state index contributed by atoms with van der Waals surface area (Å²) in [5, 5.41) is 9.29. The van der Waals surface area contributed by atoms with E-state index in [2.05, 4.69) is 26.4 Å². The molecule has 140 valence electrons. The molecule has 10 nitrogen and oxygen atoms in total. The van der Waals surface area contributed by atoms with E-state index in [0.29, 0.717) is 22.2 Å². The van der Waals surface area contributed by atoms with Gasteiger partial charge in [0.2, 0.25) is 0 Å². The van der Waals surface area contributed by atoms with Gasteiger partial charge in [-0.05, 0) is 24.3 Å². The average Bonchev–Trinajstić information content (AvgIpc) is 2.72. The fourth-order valence-corrected chi connectivity index (χ4v) is 2.75. The Balaban J connectivity index is 1.50. The molecule has 1 aromatic heterocycles. The molecule has 0 fully saturated rings. The molecule has 10 heteroatoms. The number of aromatic amines is 1. The predicted molar refractivity (Wildman–Crippen MR) is 97.9 cm³/mol. The summed E-state index contributed by atoms with van der Waals surface area (Å²) < 4.78 is 5.26. The third-order valence-corrected chi connectivity index (χ3v) is 4.08. The van der Waals surface area contributed by atoms with E-state index in [1.165, 1.54) is 18.2 Å². The number of fused-ring (bicyclic) bond motifs is 2. The minimum atomic E-state index is -0.692. The fourth-order valence-electron chi connectivity index (χ4n) is 2.75. The van der Waals surface area contributed by atoms with Crippen molar-refractivity contribution in [3.63, 3.8) is 0 Å². The highest BCUT2D eigenvalue weighted by atomic mass is 16.5. The van der Waals surface area contributed by atoms with Crippen molar-refractivity contribution < 1.29 is 19.1 Å². The maximum Gasteiger partial charge on any atom is 0.290 e. The Morgan fingerprint density at radius 1 is 1.00 bits per heavy atom. The summed E-state index contributed by atoms with van der Waals surface area (Å²) in [7, 11) is 0. The van der Waals surface area contributed by atoms with E-state index in [9.17, 15) is 19.2 Å². The monoisotopic (exact) mass is 379 g/mol. The van der Waals surface area contributed by atoms with Crippen molar-refractivity contribution in [3.05, 3.63) is 64.1 Å². The fraction of sp³-hybridized carbons (Fsp3) is 0.0556. The Hall–Kier alpha value is -4.21. The molecule has 3 aromatic rings. The Kier molecular flexibility index (Phi) is 4.20. The lowest BCUT2D eigenvalue weighted by atomic mass is 10.1. The summed E-state index contributed by atoms with van der Waals surface area (Å²) in [5.41, 5.74) is 4.76. The summed E-state index contributed by atoms with van der Waals surface area (Å²) in [6.07, 6.45) is 0. The molecule has 0 saturated heterocycles. The van der Waals surface area contributed by atoms with Gasteiger partial charge in [-0.15, -0.1) is 0 Å². The van der Waals surface area contributed by atoms with Gasteiger partial charge in [0.1, 0.15) is 5.75 Å². The second-order valence-corrected chi connectivity index (χ2v) is 5.90. The zero-order chi connectivity index (χ0) is 19.7. The largest absolute Gasteiger partial charge is 0.482 e. The average molecular weight is 379 g/mol. The summed E-state index contributed by atoms with van der Waals surface area (Å²) in [4.78, 5) is 47.8. The van der Waals surface area contributed by atoms with Crippen LogP contribution in [0.15, 0.2) is 47.3 Å². The number of ether oxygens (including phenoxy) is 1. The van der Waals surface area contributed by atoms with E-state index in [-0.39, 0.29) is 23.8 Å². The highest BCUT2D eigenvalue weighted by Gasteiger charge is 2.19. The second kappa shape index (κ2) is 6.83. The van der Waals surface area contributed by atoms with Gasteiger partial charge in [-0.2, -0.15) is 5.10 Å². The van der Waals surface area contributed by atoms with Crippen molar-refractivity contribution in [2.24, 2.45) is 0 Å². The minimum absolute atomic E-state index is 0.0352. The van der Waals surface area contributed by atoms with Crippen molar-refractivity contribution in [3.8, 4) is 5.75 Å². The van der Waals surface area contributed by atoms with Crippen LogP contribution in [0.2, 0.25) is 0 Å². The van der Waals surface area contributed by atoms with E-state index in [4.69, 9.17) is 4.74 Å². The quantitative estimate of drug-likeness (QED) is 0.473. The molecule has 4 rings (SSSR count). The van der Waals surface area contributed by atoms with Crippen LogP contribution in [0.1, 0.15) is 20.8 Å². The van der Waals surface area contributed by atoms with Crippen molar-refractivity contribution in [1.29, 1.82) is 0 Å². The lowest BCUT2D eigenvalue weighted by molar-refractivity contribution is -0.118. The zero-order valence-electron chi connectivity index (χ0n) is 14.2. The first kappa shape index (κ1) is 17.2. The van der Waals surface area contributed by atoms with Gasteiger partial charge < -0.3 is 10.1 Å². The van der Waals surface area contributed by atoms with Gasteiger partial charge in [0.15, 0.2) is 12.3 Å². The number of hydrazine groups is 1. The Morgan fingerprint density at radius 2 is 1.75 bits per heavy atom. The van der Waals surface area contributed by atoms with Crippen molar-refractivity contribution in [2.75, 3.05) is 11.9 Å². The van der Waals surface area contributed by atoms with Gasteiger partial charge in [0, 0.05) is 10.9 Å². The molecule has 3 amide bonds. The SMILES string of the molecule is O=C1COc2cc(C(=O)NNC(=O)c3n[nH]c(=O)c4ccccc34)ccc2N1. The standard InChI is InChI=1S/C18H13N5O5/c24-14-8-28-13-7-9(5-6-12(13)19-14)16(25)21-23-18(27)15-10-3-1-2-4-11(10)17(26)22-20-15/h1-7H,8H2,(H,19,24)(H,21,25)(H,22,26)(H,23,27). The number of rotatable bonds is 2. The topological polar surface area (TPSA) is 142 Å². The molecule has 1 aliphatic rings. The maximum absolute atomic E-state index is 12.4. The maximum atomic E-state index is 12.4. The van der Waals surface area contributed by atoms with Crippen LogP contribution in [0, 0.1) is 0 Å². The lowest BCUT2D eigenvalue weighted by Gasteiger charge is -2.18. The van der Waals surface area contributed by atoms with Crippen LogP contribution >= 0.6 is 0 Å². The molecule has 2 aromatic carbocycles. The number of carbonyl (C=O) groups is 3. The first-order valence-electron chi connectivity index (χ1n) is 8.18. The first-order valence-corrected chi connectivity index (χ1v) is 8.18. The number of hydrogen-bond donors (Lipinski definition) is 4. The molecule has 0 radical (unpaired) electrons. The van der Waals surface area contributed by atoms with Gasteiger partial charge in [-0.25, -0.2) is 5.10 Å². The number of H-pyrrole nitrogens is 1. The molecule has 28 heavy (non-hydrogen) atoms. The number of nitrogens with zero attached hydrogens (tertiary/aromatic N) is 1. The summed E-state index contributed by atoms with van der Waals surface area (Å²) >= 11 is 0. The molecular formula is C18H13N5O5. The van der Waals surface area contributed by atoms with Crippen LogP contribution in [0.25, 0.3) is 10.8 Å². The van der Waals surface area contributed by atoms with Gasteiger partial charge in [-0.1, -0.05) is 18.2 Å². The summed E-state index contributed by atoms with van der Waals surface area (Å²) in [5.74, 6) is -1.21. The number of aromatic nitrogens is 2. The third kappa shape index (κ3) is 3.14. The van der Waals surface area contributed by atoms with Crippen LogP contribution < -0.4 is 26.5 Å². The molecule has 0 bridgehead atoms. The van der Waals surface area contributed by atoms with Crippen LogP contribution in [0.5, 0.6) is 5.75 Å². The molecule has 0 atom stereocenters. The zero-order valence-corrected chi connectivity index (χ0v) is 14.2. The normalized spacial score (nSPS) is 12.5. The molecule has 4 N–H and O–H groups in total. The third-order valence-electron chi connectivity index (χ3n) is 4.08. The van der Waals surface area contributed by atoms with E-state index in [1.807, 2.05) is 0 Å². The molecule has 1 aliphatic heterocycles. The van der Waals surface area contributed by atoms with Gasteiger partial charge >= 0.3 is 0 Å². The van der Waals surface area contributed by atoms with Crippen LogP contribution in [-0.2, 0) is 4.79 Å². The molecule has 0 spiro atoms. The van der Waals surface area contributed by atoms with E-state index in [0.717, 1.165) is 0 Å². The highest BCUT2D eigenvalue weighted by Crippen LogP contribution is 2.28.